The van der Waals surface area contributed by atoms with Crippen LogP contribution in [0, 0.1) is 0 Å². The van der Waals surface area contributed by atoms with E-state index in [1.807, 2.05) is 13.0 Å². The highest BCUT2D eigenvalue weighted by Crippen LogP contribution is 2.33. The molecule has 1 aliphatic heterocycles. The second-order valence-electron chi connectivity index (χ2n) is 4.82. The van der Waals surface area contributed by atoms with Gasteiger partial charge < -0.3 is 15.2 Å². The van der Waals surface area contributed by atoms with Crippen LogP contribution in [0.25, 0.3) is 0 Å². The fourth-order valence-electron chi connectivity index (χ4n) is 2.22. The largest absolute Gasteiger partial charge is 0.493 e. The fraction of sp³-hybridized carbons (Fsp3) is 0.571. The first-order chi connectivity index (χ1) is 8.66. The Morgan fingerprint density at radius 1 is 1.56 bits per heavy atom. The van der Waals surface area contributed by atoms with E-state index < -0.39 is 0 Å². The molecule has 2 unspecified atom stereocenters. The van der Waals surface area contributed by atoms with Crippen LogP contribution in [0.5, 0.6) is 5.75 Å². The molecule has 2 atom stereocenters. The molecule has 0 saturated carbocycles. The van der Waals surface area contributed by atoms with Crippen molar-refractivity contribution < 1.29 is 9.84 Å². The molecule has 0 aliphatic carbocycles. The van der Waals surface area contributed by atoms with Gasteiger partial charge in [0.1, 0.15) is 5.75 Å². The van der Waals surface area contributed by atoms with E-state index in [2.05, 4.69) is 33.4 Å². The number of rotatable bonds is 4. The Labute approximate surface area is 117 Å². The quantitative estimate of drug-likeness (QED) is 0.897. The molecule has 18 heavy (non-hydrogen) atoms. The van der Waals surface area contributed by atoms with Gasteiger partial charge in [-0.25, -0.2) is 0 Å². The van der Waals surface area contributed by atoms with Crippen molar-refractivity contribution in [3.63, 3.8) is 0 Å². The lowest BCUT2D eigenvalue weighted by Crippen LogP contribution is -2.24. The first-order valence-electron chi connectivity index (χ1n) is 6.50. The molecule has 0 aromatic heterocycles. The predicted octanol–water partition coefficient (Wildman–Crippen LogP) is 3.02. The van der Waals surface area contributed by atoms with Crippen LogP contribution in [0.15, 0.2) is 22.7 Å². The maximum absolute atomic E-state index is 9.30. The molecule has 2 rings (SSSR count). The van der Waals surface area contributed by atoms with Crippen LogP contribution < -0.4 is 10.1 Å². The zero-order valence-electron chi connectivity index (χ0n) is 10.7. The molecule has 1 aromatic rings. The maximum atomic E-state index is 9.30. The first-order valence-corrected chi connectivity index (χ1v) is 7.30. The summed E-state index contributed by atoms with van der Waals surface area (Å²) in [6.07, 6.45) is 2.67. The third-order valence-electron chi connectivity index (χ3n) is 3.20. The van der Waals surface area contributed by atoms with E-state index in [1.54, 1.807) is 0 Å². The minimum absolute atomic E-state index is 0.246. The summed E-state index contributed by atoms with van der Waals surface area (Å²) in [4.78, 5) is 0. The molecular weight excluding hydrogens is 294 g/mol. The summed E-state index contributed by atoms with van der Waals surface area (Å²) in [6, 6.07) is 6.53. The summed E-state index contributed by atoms with van der Waals surface area (Å²) in [7, 11) is 0. The molecule has 0 spiro atoms. The van der Waals surface area contributed by atoms with Gasteiger partial charge in [-0.3, -0.25) is 0 Å². The van der Waals surface area contributed by atoms with Gasteiger partial charge in [0, 0.05) is 16.1 Å². The summed E-state index contributed by atoms with van der Waals surface area (Å²) in [5.74, 6) is 0.969. The van der Waals surface area contributed by atoms with Gasteiger partial charge in [0.15, 0.2) is 0 Å². The van der Waals surface area contributed by atoms with Crippen LogP contribution >= 0.6 is 15.9 Å². The fourth-order valence-corrected chi connectivity index (χ4v) is 2.56. The highest BCUT2D eigenvalue weighted by molar-refractivity contribution is 9.10. The third kappa shape index (κ3) is 3.70. The number of aliphatic hydroxyl groups excluding tert-OH is 1. The summed E-state index contributed by atoms with van der Waals surface area (Å²) in [6.45, 7) is 3.43. The molecular formula is C14H20BrNO2. The summed E-state index contributed by atoms with van der Waals surface area (Å²) < 4.78 is 6.81. The molecule has 1 aliphatic rings. The molecule has 0 radical (unpaired) electrons. The van der Waals surface area contributed by atoms with Crippen LogP contribution in [0.3, 0.4) is 0 Å². The third-order valence-corrected chi connectivity index (χ3v) is 3.69. The van der Waals surface area contributed by atoms with E-state index in [4.69, 9.17) is 4.74 Å². The predicted molar refractivity (Wildman–Crippen MR) is 75.9 cm³/mol. The van der Waals surface area contributed by atoms with Crippen LogP contribution in [0.1, 0.15) is 37.8 Å². The summed E-state index contributed by atoms with van der Waals surface area (Å²) in [5.41, 5.74) is 1.22. The van der Waals surface area contributed by atoms with Crippen LogP contribution in [-0.4, -0.2) is 24.4 Å². The maximum Gasteiger partial charge on any atom is 0.125 e. The van der Waals surface area contributed by atoms with E-state index in [-0.39, 0.29) is 6.10 Å². The summed E-state index contributed by atoms with van der Waals surface area (Å²) >= 11 is 3.47. The average molecular weight is 314 g/mol. The summed E-state index contributed by atoms with van der Waals surface area (Å²) in [5, 5.41) is 12.8. The monoisotopic (exact) mass is 313 g/mol. The van der Waals surface area contributed by atoms with E-state index in [0.29, 0.717) is 6.04 Å². The molecule has 3 nitrogen and oxygen atoms in total. The Bertz CT molecular complexity index is 395. The zero-order valence-corrected chi connectivity index (χ0v) is 12.2. The molecule has 1 heterocycles. The molecule has 0 bridgehead atoms. The average Bonchev–Trinajstić information content (AvgIpc) is 2.51. The van der Waals surface area contributed by atoms with Gasteiger partial charge in [-0.05, 0) is 44.9 Å². The lowest BCUT2D eigenvalue weighted by atomic mass is 10.0. The first kappa shape index (κ1) is 13.8. The molecule has 0 amide bonds. The number of fused-ring (bicyclic) bond motifs is 1. The van der Waals surface area contributed by atoms with Gasteiger partial charge in [-0.15, -0.1) is 0 Å². The van der Waals surface area contributed by atoms with Crippen molar-refractivity contribution in [1.82, 2.24) is 5.32 Å². The number of halogens is 1. The highest BCUT2D eigenvalue weighted by atomic mass is 79.9. The van der Waals surface area contributed by atoms with Crippen molar-refractivity contribution in [2.75, 3.05) is 13.2 Å². The van der Waals surface area contributed by atoms with Crippen molar-refractivity contribution in [2.24, 2.45) is 0 Å². The number of hydrogen-bond acceptors (Lipinski definition) is 3. The lowest BCUT2D eigenvalue weighted by Gasteiger charge is -2.19. The van der Waals surface area contributed by atoms with Gasteiger partial charge in [-0.2, -0.15) is 0 Å². The highest BCUT2D eigenvalue weighted by Gasteiger charge is 2.19. The Morgan fingerprint density at radius 2 is 2.39 bits per heavy atom. The van der Waals surface area contributed by atoms with Gasteiger partial charge >= 0.3 is 0 Å². The number of hydrogen-bond donors (Lipinski definition) is 2. The Hall–Kier alpha value is -0.580. The number of nitrogens with one attached hydrogen (secondary N) is 1. The number of benzene rings is 1. The van der Waals surface area contributed by atoms with Crippen LogP contribution in [-0.2, 0) is 0 Å². The standard InChI is InChI=1S/C14H20BrNO2/c1-10(17)6-7-16-13-3-2-8-18-14-9-11(15)4-5-12(13)14/h4-5,9-10,13,16-17H,2-3,6-8H2,1H3. The van der Waals surface area contributed by atoms with E-state index in [0.717, 1.165) is 42.6 Å². The normalized spacial score (nSPS) is 20.7. The smallest absolute Gasteiger partial charge is 0.125 e. The molecule has 100 valence electrons. The van der Waals surface area contributed by atoms with Crippen molar-refractivity contribution in [1.29, 1.82) is 0 Å². The van der Waals surface area contributed by atoms with Gasteiger partial charge in [0.05, 0.1) is 12.7 Å². The van der Waals surface area contributed by atoms with Crippen LogP contribution in [0.4, 0.5) is 0 Å². The van der Waals surface area contributed by atoms with E-state index in [1.165, 1.54) is 5.56 Å². The van der Waals surface area contributed by atoms with E-state index >= 15 is 0 Å². The Balaban J connectivity index is 2.07. The SMILES string of the molecule is CC(O)CCNC1CCCOc2cc(Br)ccc21. The molecule has 0 saturated heterocycles. The second-order valence-corrected chi connectivity index (χ2v) is 5.73. The van der Waals surface area contributed by atoms with Gasteiger partial charge in [0.25, 0.3) is 0 Å². The minimum atomic E-state index is -0.246. The van der Waals surface area contributed by atoms with Gasteiger partial charge in [0.2, 0.25) is 0 Å². The number of ether oxygens (including phenoxy) is 1. The van der Waals surface area contributed by atoms with Crippen LogP contribution in [0.2, 0.25) is 0 Å². The van der Waals surface area contributed by atoms with Crippen molar-refractivity contribution in [3.8, 4) is 5.75 Å². The van der Waals surface area contributed by atoms with Crippen molar-refractivity contribution in [2.45, 2.75) is 38.3 Å². The minimum Gasteiger partial charge on any atom is -0.493 e. The molecule has 0 fully saturated rings. The topological polar surface area (TPSA) is 41.5 Å². The number of aliphatic hydroxyl groups is 1. The molecule has 2 N–H and O–H groups in total. The van der Waals surface area contributed by atoms with Gasteiger partial charge in [-0.1, -0.05) is 22.0 Å². The van der Waals surface area contributed by atoms with Crippen molar-refractivity contribution >= 4 is 15.9 Å². The molecule has 1 aromatic carbocycles. The second kappa shape index (κ2) is 6.55. The Kier molecular flexibility index (Phi) is 5.03. The van der Waals surface area contributed by atoms with Crippen molar-refractivity contribution in [3.05, 3.63) is 28.2 Å². The Morgan fingerprint density at radius 3 is 3.17 bits per heavy atom. The lowest BCUT2D eigenvalue weighted by molar-refractivity contribution is 0.182. The van der Waals surface area contributed by atoms with E-state index in [9.17, 15) is 5.11 Å². The zero-order chi connectivity index (χ0) is 13.0. The molecule has 4 heteroatoms.